The molecule has 1 saturated carbocycles. The Kier molecular flexibility index (Phi) is 4.20. The molecule has 1 unspecified atom stereocenters. The molecule has 0 radical (unpaired) electrons. The molecule has 2 rings (SSSR count). The van der Waals surface area contributed by atoms with Crippen LogP contribution in [0, 0.1) is 0 Å². The Balaban J connectivity index is 2.09. The summed E-state index contributed by atoms with van der Waals surface area (Å²) in [5.74, 6) is 6.67. The summed E-state index contributed by atoms with van der Waals surface area (Å²) in [5.41, 5.74) is 2.81. The van der Waals surface area contributed by atoms with Crippen LogP contribution in [0.25, 0.3) is 0 Å². The predicted octanol–water partition coefficient (Wildman–Crippen LogP) is 2.00. The first-order chi connectivity index (χ1) is 8.30. The van der Waals surface area contributed by atoms with Gasteiger partial charge in [0.05, 0.1) is 17.9 Å². The molecule has 96 valence electrons. The smallest absolute Gasteiger partial charge is 0.105 e. The van der Waals surface area contributed by atoms with Crippen molar-refractivity contribution in [3.8, 4) is 0 Å². The highest BCUT2D eigenvalue weighted by Gasteiger charge is 2.42. The highest BCUT2D eigenvalue weighted by molar-refractivity contribution is 5.06. The number of rotatable bonds is 6. The van der Waals surface area contributed by atoms with E-state index in [9.17, 15) is 0 Å². The van der Waals surface area contributed by atoms with E-state index in [1.165, 1.54) is 12.8 Å². The average Bonchev–Trinajstić information content (AvgIpc) is 2.97. The minimum atomic E-state index is -0.115. The van der Waals surface area contributed by atoms with Gasteiger partial charge in [0.15, 0.2) is 0 Å². The lowest BCUT2D eigenvalue weighted by molar-refractivity contribution is -0.0622. The van der Waals surface area contributed by atoms with E-state index in [0.717, 1.165) is 31.6 Å². The first-order valence-electron chi connectivity index (χ1n) is 6.43. The summed E-state index contributed by atoms with van der Waals surface area (Å²) < 4.78 is 11.4. The molecule has 1 fully saturated rings. The van der Waals surface area contributed by atoms with E-state index < -0.39 is 0 Å². The molecular formula is C13H22N2O2. The number of hydrogen-bond acceptors (Lipinski definition) is 4. The monoisotopic (exact) mass is 238 g/mol. The summed E-state index contributed by atoms with van der Waals surface area (Å²) in [5, 5.41) is 0. The van der Waals surface area contributed by atoms with Gasteiger partial charge in [0.1, 0.15) is 5.76 Å². The summed E-state index contributed by atoms with van der Waals surface area (Å²) >= 11 is 0. The van der Waals surface area contributed by atoms with Crippen molar-refractivity contribution in [2.24, 2.45) is 5.84 Å². The number of nitrogens with two attached hydrogens (primary N) is 1. The van der Waals surface area contributed by atoms with Crippen LogP contribution in [0.15, 0.2) is 22.8 Å². The maximum atomic E-state index is 6.01. The van der Waals surface area contributed by atoms with Crippen molar-refractivity contribution in [1.82, 2.24) is 5.43 Å². The third-order valence-corrected chi connectivity index (χ3v) is 3.70. The second kappa shape index (κ2) is 5.67. The summed E-state index contributed by atoms with van der Waals surface area (Å²) in [6.45, 7) is 2.77. The van der Waals surface area contributed by atoms with Crippen molar-refractivity contribution in [1.29, 1.82) is 0 Å². The van der Waals surface area contributed by atoms with Crippen LogP contribution in [-0.4, -0.2) is 18.2 Å². The molecule has 0 aliphatic heterocycles. The lowest BCUT2D eigenvalue weighted by Crippen LogP contribution is -2.54. The normalized spacial score (nSPS) is 20.6. The maximum absolute atomic E-state index is 6.01. The Morgan fingerprint density at radius 1 is 1.53 bits per heavy atom. The van der Waals surface area contributed by atoms with Gasteiger partial charge in [0.25, 0.3) is 0 Å². The summed E-state index contributed by atoms with van der Waals surface area (Å²) in [6, 6.07) is 4.01. The molecule has 3 N–H and O–H groups in total. The molecule has 0 saturated heterocycles. The molecule has 4 heteroatoms. The fourth-order valence-corrected chi connectivity index (χ4v) is 2.88. The van der Waals surface area contributed by atoms with Crippen molar-refractivity contribution >= 4 is 0 Å². The van der Waals surface area contributed by atoms with E-state index in [2.05, 4.69) is 5.43 Å². The van der Waals surface area contributed by atoms with Crippen molar-refractivity contribution in [2.45, 2.75) is 50.7 Å². The second-order valence-corrected chi connectivity index (χ2v) is 4.71. The molecule has 1 aliphatic rings. The topological polar surface area (TPSA) is 60.4 Å². The van der Waals surface area contributed by atoms with Gasteiger partial charge in [-0.25, -0.2) is 0 Å². The van der Waals surface area contributed by atoms with Crippen LogP contribution in [-0.2, 0) is 11.2 Å². The zero-order chi connectivity index (χ0) is 12.1. The molecule has 1 aliphatic carbocycles. The van der Waals surface area contributed by atoms with Crippen molar-refractivity contribution in [3.63, 3.8) is 0 Å². The minimum absolute atomic E-state index is 0.115. The van der Waals surface area contributed by atoms with E-state index >= 15 is 0 Å². The van der Waals surface area contributed by atoms with Crippen LogP contribution < -0.4 is 11.3 Å². The summed E-state index contributed by atoms with van der Waals surface area (Å²) in [4.78, 5) is 0. The van der Waals surface area contributed by atoms with Crippen LogP contribution in [0.1, 0.15) is 38.4 Å². The lowest BCUT2D eigenvalue weighted by Gasteiger charge is -2.36. The van der Waals surface area contributed by atoms with E-state index in [1.54, 1.807) is 6.26 Å². The molecule has 1 atom stereocenters. The van der Waals surface area contributed by atoms with E-state index in [0.29, 0.717) is 0 Å². The minimum Gasteiger partial charge on any atom is -0.469 e. The molecule has 1 heterocycles. The fourth-order valence-electron chi connectivity index (χ4n) is 2.88. The first-order valence-corrected chi connectivity index (χ1v) is 6.43. The largest absolute Gasteiger partial charge is 0.469 e. The van der Waals surface area contributed by atoms with Crippen LogP contribution in [0.5, 0.6) is 0 Å². The highest BCUT2D eigenvalue weighted by Crippen LogP contribution is 2.37. The predicted molar refractivity (Wildman–Crippen MR) is 66.3 cm³/mol. The van der Waals surface area contributed by atoms with Gasteiger partial charge >= 0.3 is 0 Å². The van der Waals surface area contributed by atoms with Crippen molar-refractivity contribution < 1.29 is 9.15 Å². The Morgan fingerprint density at radius 3 is 2.82 bits per heavy atom. The zero-order valence-corrected chi connectivity index (χ0v) is 10.4. The van der Waals surface area contributed by atoms with Gasteiger partial charge in [-0.3, -0.25) is 11.3 Å². The van der Waals surface area contributed by atoms with Crippen LogP contribution >= 0.6 is 0 Å². The number of furan rings is 1. The molecule has 0 bridgehead atoms. The van der Waals surface area contributed by atoms with Crippen molar-refractivity contribution in [2.75, 3.05) is 6.61 Å². The standard InChI is InChI=1S/C13H22N2O2/c1-2-17-13(7-3-4-8-13)12(15-14)10-11-6-5-9-16-11/h5-6,9,12,15H,2-4,7-8,10,14H2,1H3. The Bertz CT molecular complexity index is 318. The van der Waals surface area contributed by atoms with Crippen LogP contribution in [0.2, 0.25) is 0 Å². The summed E-state index contributed by atoms with van der Waals surface area (Å²) in [7, 11) is 0. The number of ether oxygens (including phenoxy) is 1. The molecular weight excluding hydrogens is 216 g/mol. The lowest BCUT2D eigenvalue weighted by atomic mass is 9.89. The molecule has 4 nitrogen and oxygen atoms in total. The molecule has 17 heavy (non-hydrogen) atoms. The Morgan fingerprint density at radius 2 is 2.29 bits per heavy atom. The van der Waals surface area contributed by atoms with Crippen LogP contribution in [0.4, 0.5) is 0 Å². The summed E-state index contributed by atoms with van der Waals surface area (Å²) in [6.07, 6.45) is 7.08. The fraction of sp³-hybridized carbons (Fsp3) is 0.692. The van der Waals surface area contributed by atoms with E-state index in [-0.39, 0.29) is 11.6 Å². The van der Waals surface area contributed by atoms with Gasteiger partial charge in [0, 0.05) is 13.0 Å². The number of nitrogens with one attached hydrogen (secondary N) is 1. The SMILES string of the molecule is CCOC1(C(Cc2ccco2)NN)CCCC1. The van der Waals surface area contributed by atoms with Crippen molar-refractivity contribution in [3.05, 3.63) is 24.2 Å². The van der Waals surface area contributed by atoms with Gasteiger partial charge in [0.2, 0.25) is 0 Å². The third kappa shape index (κ3) is 2.70. The first kappa shape index (κ1) is 12.6. The molecule has 0 spiro atoms. The molecule has 1 aromatic heterocycles. The molecule has 0 aromatic carbocycles. The maximum Gasteiger partial charge on any atom is 0.105 e. The molecule has 1 aromatic rings. The van der Waals surface area contributed by atoms with Gasteiger partial charge in [-0.1, -0.05) is 12.8 Å². The second-order valence-electron chi connectivity index (χ2n) is 4.71. The zero-order valence-electron chi connectivity index (χ0n) is 10.4. The third-order valence-electron chi connectivity index (χ3n) is 3.70. The number of hydrazine groups is 1. The highest BCUT2D eigenvalue weighted by atomic mass is 16.5. The Hall–Kier alpha value is -0.840. The van der Waals surface area contributed by atoms with Gasteiger partial charge < -0.3 is 9.15 Å². The average molecular weight is 238 g/mol. The van der Waals surface area contributed by atoms with Gasteiger partial charge in [-0.2, -0.15) is 0 Å². The molecule has 0 amide bonds. The van der Waals surface area contributed by atoms with Crippen LogP contribution in [0.3, 0.4) is 0 Å². The van der Waals surface area contributed by atoms with Gasteiger partial charge in [-0.05, 0) is 31.9 Å². The number of hydrogen-bond donors (Lipinski definition) is 2. The quantitative estimate of drug-likeness (QED) is 0.588. The van der Waals surface area contributed by atoms with E-state index in [4.69, 9.17) is 15.0 Å². The van der Waals surface area contributed by atoms with E-state index in [1.807, 2.05) is 19.1 Å². The van der Waals surface area contributed by atoms with Gasteiger partial charge in [-0.15, -0.1) is 0 Å². The Labute approximate surface area is 102 Å².